The zero-order valence-electron chi connectivity index (χ0n) is 21.3. The molecule has 5 rings (SSSR count). The minimum atomic E-state index is -5.08. The number of nitrogens with zero attached hydrogens (tertiary/aromatic N) is 4. The summed E-state index contributed by atoms with van der Waals surface area (Å²) in [6.07, 6.45) is -1.07. The highest BCUT2D eigenvalue weighted by Gasteiger charge is 2.38. The van der Waals surface area contributed by atoms with Crippen molar-refractivity contribution in [2.24, 2.45) is 0 Å². The van der Waals surface area contributed by atoms with E-state index >= 15 is 4.39 Å². The van der Waals surface area contributed by atoms with Crippen molar-refractivity contribution in [2.75, 3.05) is 50.7 Å². The second kappa shape index (κ2) is 11.9. The molecule has 4 heterocycles. The number of carbonyl (C=O) groups is 2. The van der Waals surface area contributed by atoms with Crippen LogP contribution >= 0.6 is 0 Å². The van der Waals surface area contributed by atoms with Crippen molar-refractivity contribution in [1.82, 2.24) is 19.8 Å². The fourth-order valence-electron chi connectivity index (χ4n) is 4.68. The topological polar surface area (TPSA) is 128 Å². The highest BCUT2D eigenvalue weighted by molar-refractivity contribution is 5.92. The van der Waals surface area contributed by atoms with Crippen LogP contribution in [0.1, 0.15) is 42.1 Å². The highest BCUT2D eigenvalue weighted by atomic mass is 19.4. The third-order valence-electron chi connectivity index (χ3n) is 6.97. The van der Waals surface area contributed by atoms with Crippen LogP contribution in [0.3, 0.4) is 0 Å². The summed E-state index contributed by atoms with van der Waals surface area (Å²) in [7, 11) is 0. The number of aromatic carboxylic acids is 1. The van der Waals surface area contributed by atoms with Gasteiger partial charge in [0, 0.05) is 51.5 Å². The Kier molecular flexibility index (Phi) is 8.73. The van der Waals surface area contributed by atoms with E-state index < -0.39 is 29.4 Å². The van der Waals surface area contributed by atoms with Crippen molar-refractivity contribution in [3.05, 3.63) is 45.3 Å². The van der Waals surface area contributed by atoms with Gasteiger partial charge in [-0.25, -0.2) is 23.4 Å². The van der Waals surface area contributed by atoms with Crippen LogP contribution in [-0.2, 0) is 4.79 Å². The SMILES string of the molecule is O=C(O)C(F)(F)F.O=C(O)c1cn(C2CC2)c2nc(N3CCC(=C(F)CN4CCNCC4)CC3)c(F)cc2c1=O. The normalized spacial score (nSPS) is 18.3. The third-order valence-corrected chi connectivity index (χ3v) is 6.97. The fourth-order valence-corrected chi connectivity index (χ4v) is 4.68. The molecule has 3 aliphatic rings. The van der Waals surface area contributed by atoms with E-state index in [2.05, 4.69) is 15.2 Å². The van der Waals surface area contributed by atoms with E-state index in [0.717, 1.165) is 50.7 Å². The van der Waals surface area contributed by atoms with Crippen molar-refractivity contribution < 1.29 is 41.8 Å². The molecule has 3 fully saturated rings. The van der Waals surface area contributed by atoms with Gasteiger partial charge in [-0.2, -0.15) is 13.2 Å². The Balaban J connectivity index is 0.000000470. The lowest BCUT2D eigenvalue weighted by atomic mass is 10.0. The predicted molar refractivity (Wildman–Crippen MR) is 134 cm³/mol. The first-order valence-electron chi connectivity index (χ1n) is 12.7. The number of piperidine rings is 1. The lowest BCUT2D eigenvalue weighted by Crippen LogP contribution is -2.44. The van der Waals surface area contributed by atoms with Crippen molar-refractivity contribution in [1.29, 1.82) is 0 Å². The molecule has 15 heteroatoms. The van der Waals surface area contributed by atoms with Gasteiger partial charge in [0.2, 0.25) is 5.43 Å². The Morgan fingerprint density at radius 2 is 1.68 bits per heavy atom. The Morgan fingerprint density at radius 3 is 2.20 bits per heavy atom. The van der Waals surface area contributed by atoms with Gasteiger partial charge in [0.05, 0.1) is 11.9 Å². The molecule has 0 atom stereocenters. The van der Waals surface area contributed by atoms with E-state index in [9.17, 15) is 32.3 Å². The molecule has 0 aromatic carbocycles. The number of alkyl halides is 3. The van der Waals surface area contributed by atoms with Crippen LogP contribution in [0.4, 0.5) is 27.8 Å². The number of hydrogen-bond donors (Lipinski definition) is 3. The molecular formula is C25H28F5N5O5. The number of anilines is 1. The first-order valence-corrected chi connectivity index (χ1v) is 12.7. The predicted octanol–water partition coefficient (Wildman–Crippen LogP) is 2.93. The van der Waals surface area contributed by atoms with Crippen LogP contribution in [-0.4, -0.2) is 88.6 Å². The van der Waals surface area contributed by atoms with Crippen molar-refractivity contribution in [3.8, 4) is 0 Å². The van der Waals surface area contributed by atoms with Gasteiger partial charge in [0.25, 0.3) is 0 Å². The van der Waals surface area contributed by atoms with E-state index in [4.69, 9.17) is 9.90 Å². The summed E-state index contributed by atoms with van der Waals surface area (Å²) in [4.78, 5) is 41.4. The maximum absolute atomic E-state index is 15.0. The number of rotatable bonds is 5. The van der Waals surface area contributed by atoms with Gasteiger partial charge in [0.1, 0.15) is 17.0 Å². The number of halogens is 5. The van der Waals surface area contributed by atoms with E-state index in [1.807, 2.05) is 0 Å². The zero-order chi connectivity index (χ0) is 29.2. The van der Waals surface area contributed by atoms with Crippen LogP contribution < -0.4 is 15.6 Å². The number of carboxylic acid groups (broad SMARTS) is 2. The van der Waals surface area contributed by atoms with Crippen LogP contribution in [0.15, 0.2) is 28.5 Å². The Labute approximate surface area is 224 Å². The Hall–Kier alpha value is -3.59. The van der Waals surface area contributed by atoms with Crippen LogP contribution in [0.2, 0.25) is 0 Å². The third kappa shape index (κ3) is 6.75. The monoisotopic (exact) mass is 573 g/mol. The van der Waals surface area contributed by atoms with Gasteiger partial charge in [-0.1, -0.05) is 0 Å². The molecule has 2 aromatic heterocycles. The van der Waals surface area contributed by atoms with Gasteiger partial charge in [0.15, 0.2) is 11.6 Å². The van der Waals surface area contributed by atoms with E-state index in [1.54, 1.807) is 9.47 Å². The molecule has 218 valence electrons. The van der Waals surface area contributed by atoms with Gasteiger partial charge in [-0.05, 0) is 37.3 Å². The quantitative estimate of drug-likeness (QED) is 0.463. The summed E-state index contributed by atoms with van der Waals surface area (Å²) >= 11 is 0. The maximum Gasteiger partial charge on any atom is 0.490 e. The molecular weight excluding hydrogens is 545 g/mol. The van der Waals surface area contributed by atoms with Crippen molar-refractivity contribution in [2.45, 2.75) is 37.9 Å². The lowest BCUT2D eigenvalue weighted by Gasteiger charge is -2.31. The summed E-state index contributed by atoms with van der Waals surface area (Å²) in [5.74, 6) is -4.72. The number of fused-ring (bicyclic) bond motifs is 1. The largest absolute Gasteiger partial charge is 0.490 e. The minimum absolute atomic E-state index is 0.0253. The molecule has 1 saturated carbocycles. The highest BCUT2D eigenvalue weighted by Crippen LogP contribution is 2.37. The van der Waals surface area contributed by atoms with Gasteiger partial charge in [-0.3, -0.25) is 9.69 Å². The van der Waals surface area contributed by atoms with Crippen molar-refractivity contribution >= 4 is 28.8 Å². The van der Waals surface area contributed by atoms with Crippen molar-refractivity contribution in [3.63, 3.8) is 0 Å². The first kappa shape index (κ1) is 29.4. The maximum atomic E-state index is 15.0. The number of carboxylic acids is 2. The number of aromatic nitrogens is 2. The zero-order valence-corrected chi connectivity index (χ0v) is 21.3. The minimum Gasteiger partial charge on any atom is -0.477 e. The summed E-state index contributed by atoms with van der Waals surface area (Å²) in [6, 6.07) is 1.16. The average molecular weight is 574 g/mol. The molecule has 0 spiro atoms. The molecule has 0 unspecified atom stereocenters. The summed E-state index contributed by atoms with van der Waals surface area (Å²) in [6.45, 7) is 4.56. The molecule has 2 saturated heterocycles. The number of hydrogen-bond acceptors (Lipinski definition) is 7. The number of piperazine rings is 1. The summed E-state index contributed by atoms with van der Waals surface area (Å²) in [5, 5.41) is 19.7. The van der Waals surface area contributed by atoms with E-state index in [1.165, 1.54) is 6.20 Å². The first-order chi connectivity index (χ1) is 18.9. The van der Waals surface area contributed by atoms with E-state index in [-0.39, 0.29) is 28.6 Å². The van der Waals surface area contributed by atoms with Gasteiger partial charge in [-0.15, -0.1) is 0 Å². The van der Waals surface area contributed by atoms with Gasteiger partial charge >= 0.3 is 18.1 Å². The molecule has 0 amide bonds. The molecule has 40 heavy (non-hydrogen) atoms. The Morgan fingerprint density at radius 1 is 1.07 bits per heavy atom. The molecule has 10 nitrogen and oxygen atoms in total. The molecule has 2 aromatic rings. The standard InChI is InChI=1S/C23H27F2N5O3.C2HF3O2/c24-18-11-16-20(31)17(23(32)33)12-30(15-1-2-15)21(16)27-22(18)29-7-3-14(4-8-29)19(25)13-28-9-5-26-6-10-28;3-2(4,5)1(6)7/h11-12,15,26H,1-10,13H2,(H,32,33);(H,6,7). The summed E-state index contributed by atoms with van der Waals surface area (Å²) in [5.41, 5.74) is -0.0376. The smallest absolute Gasteiger partial charge is 0.477 e. The van der Waals surface area contributed by atoms with Gasteiger partial charge < -0.3 is 25.0 Å². The molecule has 3 N–H and O–H groups in total. The van der Waals surface area contributed by atoms with Crippen LogP contribution in [0.5, 0.6) is 0 Å². The molecule has 2 aliphatic heterocycles. The van der Waals surface area contributed by atoms with Crippen LogP contribution in [0.25, 0.3) is 11.0 Å². The van der Waals surface area contributed by atoms with Crippen LogP contribution in [0, 0.1) is 5.82 Å². The molecule has 0 bridgehead atoms. The second-order valence-electron chi connectivity index (χ2n) is 9.81. The number of nitrogens with one attached hydrogen (secondary N) is 1. The molecule has 1 aliphatic carbocycles. The summed E-state index contributed by atoms with van der Waals surface area (Å²) < 4.78 is 63.3. The lowest BCUT2D eigenvalue weighted by molar-refractivity contribution is -0.192. The average Bonchev–Trinajstić information content (AvgIpc) is 3.75. The number of pyridine rings is 2. The molecule has 0 radical (unpaired) electrons. The van der Waals surface area contributed by atoms with E-state index in [0.29, 0.717) is 38.1 Å². The second-order valence-corrected chi connectivity index (χ2v) is 9.81. The Bertz CT molecular complexity index is 1370. The number of aliphatic carboxylic acids is 1. The fraction of sp³-hybridized carbons (Fsp3) is 0.520.